The first-order valence-electron chi connectivity index (χ1n) is 5.22. The van der Waals surface area contributed by atoms with Crippen LogP contribution in [0.5, 0.6) is 0 Å². The molecule has 0 bridgehead atoms. The molecule has 0 atom stereocenters. The molecule has 1 aromatic heterocycles. The highest BCUT2D eigenvalue weighted by molar-refractivity contribution is 9.10. The average Bonchev–Trinajstić information content (AvgIpc) is 2.84. The summed E-state index contributed by atoms with van der Waals surface area (Å²) in [5.41, 5.74) is 6.71. The molecule has 1 aromatic carbocycles. The minimum absolute atomic E-state index is 0.162. The first-order chi connectivity index (χ1) is 8.58. The van der Waals surface area contributed by atoms with E-state index < -0.39 is 0 Å². The van der Waals surface area contributed by atoms with Gasteiger partial charge in [-0.3, -0.25) is 9.89 Å². The van der Waals surface area contributed by atoms with Crippen molar-refractivity contribution in [1.82, 2.24) is 20.1 Å². The molecule has 0 fully saturated rings. The van der Waals surface area contributed by atoms with E-state index in [9.17, 15) is 4.79 Å². The number of nitrogen functional groups attached to an aromatic ring is 1. The van der Waals surface area contributed by atoms with Gasteiger partial charge in [0.05, 0.1) is 12.1 Å². The molecule has 94 valence electrons. The number of aromatic amines is 1. The number of carbonyl (C=O) groups excluding carboxylic acids is 1. The highest BCUT2D eigenvalue weighted by atomic mass is 79.9. The van der Waals surface area contributed by atoms with Crippen LogP contribution in [0.3, 0.4) is 0 Å². The van der Waals surface area contributed by atoms with Gasteiger partial charge in [-0.25, -0.2) is 4.98 Å². The number of carbonyl (C=O) groups is 1. The van der Waals surface area contributed by atoms with Gasteiger partial charge in [0.1, 0.15) is 12.2 Å². The van der Waals surface area contributed by atoms with Crippen LogP contribution in [0, 0.1) is 0 Å². The van der Waals surface area contributed by atoms with Crippen LogP contribution in [0.1, 0.15) is 16.2 Å². The molecule has 2 aromatic rings. The number of hydrogen-bond donors (Lipinski definition) is 2. The number of nitrogens with one attached hydrogen (secondary N) is 1. The first-order valence-corrected chi connectivity index (χ1v) is 6.02. The number of rotatable bonds is 3. The Labute approximate surface area is 112 Å². The Bertz CT molecular complexity index is 555. The number of benzene rings is 1. The van der Waals surface area contributed by atoms with Gasteiger partial charge in [0.25, 0.3) is 5.91 Å². The summed E-state index contributed by atoms with van der Waals surface area (Å²) in [6, 6.07) is 5.19. The highest BCUT2D eigenvalue weighted by Gasteiger charge is 2.16. The Balaban J connectivity index is 2.17. The van der Waals surface area contributed by atoms with Gasteiger partial charge in [-0.05, 0) is 18.2 Å². The maximum absolute atomic E-state index is 12.2. The van der Waals surface area contributed by atoms with Gasteiger partial charge in [0.15, 0.2) is 0 Å². The quantitative estimate of drug-likeness (QED) is 0.839. The van der Waals surface area contributed by atoms with Crippen molar-refractivity contribution in [3.63, 3.8) is 0 Å². The van der Waals surface area contributed by atoms with Crippen molar-refractivity contribution < 1.29 is 4.79 Å². The lowest BCUT2D eigenvalue weighted by atomic mass is 10.1. The molecule has 3 N–H and O–H groups in total. The fraction of sp³-hybridized carbons (Fsp3) is 0.182. The van der Waals surface area contributed by atoms with Crippen molar-refractivity contribution in [2.45, 2.75) is 6.54 Å². The first kappa shape index (κ1) is 12.6. The monoisotopic (exact) mass is 309 g/mol. The van der Waals surface area contributed by atoms with Crippen molar-refractivity contribution in [2.75, 3.05) is 12.8 Å². The van der Waals surface area contributed by atoms with E-state index in [0.717, 1.165) is 4.47 Å². The SMILES string of the molecule is CN(Cc1ncn[nH]1)C(=O)c1cc(Br)ccc1N. The number of H-pyrrole nitrogens is 1. The van der Waals surface area contributed by atoms with Gasteiger partial charge in [-0.15, -0.1) is 0 Å². The largest absolute Gasteiger partial charge is 0.398 e. The third-order valence-corrected chi connectivity index (χ3v) is 2.94. The summed E-state index contributed by atoms with van der Waals surface area (Å²) < 4.78 is 0.813. The number of aromatic nitrogens is 3. The molecule has 0 saturated heterocycles. The van der Waals surface area contributed by atoms with E-state index in [2.05, 4.69) is 31.1 Å². The molecule has 1 amide bonds. The zero-order valence-electron chi connectivity index (χ0n) is 9.72. The predicted octanol–water partition coefficient (Wildman–Crippen LogP) is 1.42. The highest BCUT2D eigenvalue weighted by Crippen LogP contribution is 2.20. The fourth-order valence-corrected chi connectivity index (χ4v) is 1.88. The second kappa shape index (κ2) is 5.18. The van der Waals surface area contributed by atoms with E-state index in [0.29, 0.717) is 23.6 Å². The van der Waals surface area contributed by atoms with Crippen LogP contribution in [0.25, 0.3) is 0 Å². The molecule has 7 heteroatoms. The Morgan fingerprint density at radius 2 is 2.33 bits per heavy atom. The summed E-state index contributed by atoms with van der Waals surface area (Å²) >= 11 is 3.32. The van der Waals surface area contributed by atoms with E-state index in [1.165, 1.54) is 11.2 Å². The number of halogens is 1. The summed E-state index contributed by atoms with van der Waals surface area (Å²) in [6.45, 7) is 0.352. The average molecular weight is 310 g/mol. The smallest absolute Gasteiger partial charge is 0.256 e. The van der Waals surface area contributed by atoms with Gasteiger partial charge in [-0.2, -0.15) is 5.10 Å². The summed E-state index contributed by atoms with van der Waals surface area (Å²) in [5.74, 6) is 0.463. The minimum atomic E-state index is -0.162. The molecule has 0 unspecified atom stereocenters. The Kier molecular flexibility index (Phi) is 3.61. The van der Waals surface area contributed by atoms with Crippen LogP contribution < -0.4 is 5.73 Å². The molecule has 0 aliphatic rings. The van der Waals surface area contributed by atoms with Crippen LogP contribution >= 0.6 is 15.9 Å². The van der Waals surface area contributed by atoms with Gasteiger partial charge < -0.3 is 10.6 Å². The summed E-state index contributed by atoms with van der Waals surface area (Å²) in [7, 11) is 1.69. The van der Waals surface area contributed by atoms with Gasteiger partial charge in [-0.1, -0.05) is 15.9 Å². The molecule has 0 radical (unpaired) electrons. The Morgan fingerprint density at radius 3 is 3.00 bits per heavy atom. The van der Waals surface area contributed by atoms with Gasteiger partial charge >= 0.3 is 0 Å². The molecule has 0 spiro atoms. The van der Waals surface area contributed by atoms with Crippen LogP contribution in [-0.4, -0.2) is 33.0 Å². The van der Waals surface area contributed by atoms with Crippen molar-refractivity contribution in [3.8, 4) is 0 Å². The van der Waals surface area contributed by atoms with Crippen molar-refractivity contribution in [1.29, 1.82) is 0 Å². The number of anilines is 1. The van der Waals surface area contributed by atoms with Crippen LogP contribution in [0.2, 0.25) is 0 Å². The number of amides is 1. The molecule has 6 nitrogen and oxygen atoms in total. The molecule has 0 aliphatic heterocycles. The Morgan fingerprint density at radius 1 is 1.56 bits per heavy atom. The maximum Gasteiger partial charge on any atom is 0.256 e. The van der Waals surface area contributed by atoms with Crippen LogP contribution in [0.4, 0.5) is 5.69 Å². The molecule has 2 rings (SSSR count). The molecule has 0 saturated carbocycles. The van der Waals surface area contributed by atoms with E-state index in [1.807, 2.05) is 0 Å². The minimum Gasteiger partial charge on any atom is -0.398 e. The van der Waals surface area contributed by atoms with Crippen LogP contribution in [0.15, 0.2) is 29.0 Å². The van der Waals surface area contributed by atoms with Crippen molar-refractivity contribution in [3.05, 3.63) is 40.4 Å². The number of hydrogen-bond acceptors (Lipinski definition) is 4. The lowest BCUT2D eigenvalue weighted by Crippen LogP contribution is -2.27. The standard InChI is InChI=1S/C11H12BrN5O/c1-17(5-10-14-6-15-16-10)11(18)8-4-7(12)2-3-9(8)13/h2-4,6H,5,13H2,1H3,(H,14,15,16). The van der Waals surface area contributed by atoms with E-state index in [-0.39, 0.29) is 5.91 Å². The lowest BCUT2D eigenvalue weighted by Gasteiger charge is -2.16. The van der Waals surface area contributed by atoms with E-state index in [4.69, 9.17) is 5.73 Å². The summed E-state index contributed by atoms with van der Waals surface area (Å²) in [5, 5.41) is 6.44. The maximum atomic E-state index is 12.2. The van der Waals surface area contributed by atoms with Crippen molar-refractivity contribution in [2.24, 2.45) is 0 Å². The van der Waals surface area contributed by atoms with Crippen molar-refractivity contribution >= 4 is 27.5 Å². The second-order valence-electron chi connectivity index (χ2n) is 3.82. The molecule has 1 heterocycles. The number of nitrogens with two attached hydrogens (primary N) is 1. The molecule has 0 aliphatic carbocycles. The molecule has 18 heavy (non-hydrogen) atoms. The van der Waals surface area contributed by atoms with E-state index >= 15 is 0 Å². The normalized spacial score (nSPS) is 10.3. The number of nitrogens with zero attached hydrogens (tertiary/aromatic N) is 3. The van der Waals surface area contributed by atoms with Crippen LogP contribution in [-0.2, 0) is 6.54 Å². The Hall–Kier alpha value is -1.89. The van der Waals surface area contributed by atoms with E-state index in [1.54, 1.807) is 25.2 Å². The van der Waals surface area contributed by atoms with Gasteiger partial charge in [0, 0.05) is 17.2 Å². The lowest BCUT2D eigenvalue weighted by molar-refractivity contribution is 0.0782. The second-order valence-corrected chi connectivity index (χ2v) is 4.74. The zero-order chi connectivity index (χ0) is 13.1. The van der Waals surface area contributed by atoms with Gasteiger partial charge in [0.2, 0.25) is 0 Å². The summed E-state index contributed by atoms with van der Waals surface area (Å²) in [6.07, 6.45) is 1.40. The topological polar surface area (TPSA) is 87.9 Å². The molecular weight excluding hydrogens is 298 g/mol. The third-order valence-electron chi connectivity index (χ3n) is 2.44. The predicted molar refractivity (Wildman–Crippen MR) is 70.7 cm³/mol. The third kappa shape index (κ3) is 2.67. The zero-order valence-corrected chi connectivity index (χ0v) is 11.3. The summed E-state index contributed by atoms with van der Waals surface area (Å²) in [4.78, 5) is 17.7. The molecular formula is C11H12BrN5O. The fourth-order valence-electron chi connectivity index (χ4n) is 1.52.